The lowest BCUT2D eigenvalue weighted by Crippen LogP contribution is -2.20. The largest absolute Gasteiger partial charge is 0.481 e. The van der Waals surface area contributed by atoms with Crippen LogP contribution in [0.5, 0.6) is 0 Å². The SMILES string of the molecule is C=C[C@@H](N)CC(=O)O. The molecule has 0 spiro atoms. The lowest BCUT2D eigenvalue weighted by Gasteiger charge is -1.97. The van der Waals surface area contributed by atoms with Crippen molar-refractivity contribution >= 4 is 5.97 Å². The molecule has 0 aromatic carbocycles. The highest BCUT2D eigenvalue weighted by atomic mass is 16.4. The van der Waals surface area contributed by atoms with Crippen LogP contribution in [0.4, 0.5) is 0 Å². The van der Waals surface area contributed by atoms with Crippen LogP contribution in [0, 0.1) is 0 Å². The van der Waals surface area contributed by atoms with Crippen molar-refractivity contribution in [3.63, 3.8) is 0 Å². The van der Waals surface area contributed by atoms with E-state index in [0.29, 0.717) is 0 Å². The molecule has 0 aromatic heterocycles. The third-order valence-electron chi connectivity index (χ3n) is 0.713. The van der Waals surface area contributed by atoms with Crippen molar-refractivity contribution < 1.29 is 9.90 Å². The fourth-order valence-corrected chi connectivity index (χ4v) is 0.285. The molecule has 3 nitrogen and oxygen atoms in total. The molecule has 0 heterocycles. The van der Waals surface area contributed by atoms with E-state index in [1.54, 1.807) is 0 Å². The molecule has 46 valence electrons. The lowest BCUT2D eigenvalue weighted by atomic mass is 10.2. The van der Waals surface area contributed by atoms with Gasteiger partial charge in [-0.05, 0) is 0 Å². The van der Waals surface area contributed by atoms with Crippen molar-refractivity contribution in [2.45, 2.75) is 12.5 Å². The van der Waals surface area contributed by atoms with Crippen molar-refractivity contribution in [2.75, 3.05) is 0 Å². The Morgan fingerprint density at radius 2 is 2.50 bits per heavy atom. The van der Waals surface area contributed by atoms with Crippen LogP contribution in [0.15, 0.2) is 12.7 Å². The van der Waals surface area contributed by atoms with E-state index in [2.05, 4.69) is 6.58 Å². The van der Waals surface area contributed by atoms with Gasteiger partial charge in [-0.1, -0.05) is 6.08 Å². The molecule has 0 unspecified atom stereocenters. The van der Waals surface area contributed by atoms with Gasteiger partial charge < -0.3 is 10.8 Å². The molecule has 8 heavy (non-hydrogen) atoms. The summed E-state index contributed by atoms with van der Waals surface area (Å²) in [5.74, 6) is -0.891. The highest BCUT2D eigenvalue weighted by molar-refractivity contribution is 5.67. The predicted molar refractivity (Wildman–Crippen MR) is 30.4 cm³/mol. The number of carbonyl (C=O) groups is 1. The van der Waals surface area contributed by atoms with Gasteiger partial charge in [0, 0.05) is 6.04 Å². The molecule has 0 aliphatic heterocycles. The molecule has 1 atom stereocenters. The summed E-state index contributed by atoms with van der Waals surface area (Å²) in [5, 5.41) is 8.09. The molecular formula is C5H9NO2. The van der Waals surface area contributed by atoms with E-state index in [4.69, 9.17) is 10.8 Å². The van der Waals surface area contributed by atoms with Gasteiger partial charge in [0.05, 0.1) is 6.42 Å². The van der Waals surface area contributed by atoms with Crippen LogP contribution in [0.25, 0.3) is 0 Å². The Balaban J connectivity index is 3.38. The van der Waals surface area contributed by atoms with Gasteiger partial charge in [-0.15, -0.1) is 6.58 Å². The Labute approximate surface area is 47.8 Å². The highest BCUT2D eigenvalue weighted by Gasteiger charge is 2.00. The van der Waals surface area contributed by atoms with E-state index < -0.39 is 12.0 Å². The first-order chi connectivity index (χ1) is 3.66. The number of hydrogen-bond donors (Lipinski definition) is 2. The zero-order chi connectivity index (χ0) is 6.57. The minimum atomic E-state index is -0.891. The molecule has 3 heteroatoms. The molecule has 0 radical (unpaired) electrons. The van der Waals surface area contributed by atoms with Gasteiger partial charge in [0.2, 0.25) is 0 Å². The van der Waals surface area contributed by atoms with E-state index in [1.165, 1.54) is 6.08 Å². The average molecular weight is 115 g/mol. The smallest absolute Gasteiger partial charge is 0.305 e. The van der Waals surface area contributed by atoms with Crippen LogP contribution in [0.1, 0.15) is 6.42 Å². The van der Waals surface area contributed by atoms with Gasteiger partial charge in [-0.2, -0.15) is 0 Å². The van der Waals surface area contributed by atoms with Gasteiger partial charge in [0.15, 0.2) is 0 Å². The normalized spacial score (nSPS) is 12.6. The standard InChI is InChI=1S/C5H9NO2/c1-2-4(6)3-5(7)8/h2,4H,1,3,6H2,(H,7,8)/t4-/m1/s1. The average Bonchev–Trinajstić information content (AvgIpc) is 1.65. The van der Waals surface area contributed by atoms with Crippen LogP contribution in [-0.2, 0) is 4.79 Å². The van der Waals surface area contributed by atoms with Crippen molar-refractivity contribution in [1.29, 1.82) is 0 Å². The van der Waals surface area contributed by atoms with Crippen LogP contribution in [-0.4, -0.2) is 17.1 Å². The topological polar surface area (TPSA) is 63.3 Å². The monoisotopic (exact) mass is 115 g/mol. The van der Waals surface area contributed by atoms with Crippen molar-refractivity contribution in [3.8, 4) is 0 Å². The van der Waals surface area contributed by atoms with Gasteiger partial charge in [0.25, 0.3) is 0 Å². The lowest BCUT2D eigenvalue weighted by molar-refractivity contribution is -0.137. The number of aliphatic carboxylic acids is 1. The second-order valence-corrected chi connectivity index (χ2v) is 1.50. The molecule has 0 fully saturated rings. The Bertz CT molecular complexity index is 101. The Morgan fingerprint density at radius 3 is 2.62 bits per heavy atom. The van der Waals surface area contributed by atoms with Crippen LogP contribution >= 0.6 is 0 Å². The number of hydrogen-bond acceptors (Lipinski definition) is 2. The maximum absolute atomic E-state index is 9.84. The molecule has 0 amide bonds. The van der Waals surface area contributed by atoms with E-state index in [0.717, 1.165) is 0 Å². The van der Waals surface area contributed by atoms with Gasteiger partial charge in [0.1, 0.15) is 0 Å². The van der Waals surface area contributed by atoms with Gasteiger partial charge >= 0.3 is 5.97 Å². The summed E-state index contributed by atoms with van der Waals surface area (Å²) in [6, 6.07) is -0.410. The molecule has 0 rings (SSSR count). The molecular weight excluding hydrogens is 106 g/mol. The zero-order valence-corrected chi connectivity index (χ0v) is 4.50. The van der Waals surface area contributed by atoms with E-state index in [9.17, 15) is 4.79 Å². The van der Waals surface area contributed by atoms with E-state index in [-0.39, 0.29) is 6.42 Å². The van der Waals surface area contributed by atoms with Crippen molar-refractivity contribution in [1.82, 2.24) is 0 Å². The summed E-state index contributed by atoms with van der Waals surface area (Å²) >= 11 is 0. The summed E-state index contributed by atoms with van der Waals surface area (Å²) in [6.07, 6.45) is 1.37. The molecule has 0 saturated carbocycles. The van der Waals surface area contributed by atoms with Crippen LogP contribution in [0.3, 0.4) is 0 Å². The fraction of sp³-hybridized carbons (Fsp3) is 0.400. The van der Waals surface area contributed by atoms with Gasteiger partial charge in [-0.3, -0.25) is 4.79 Å². The number of carboxylic acid groups (broad SMARTS) is 1. The third kappa shape index (κ3) is 3.36. The summed E-state index contributed by atoms with van der Waals surface area (Å²) in [6.45, 7) is 3.33. The first kappa shape index (κ1) is 7.17. The molecule has 0 saturated heterocycles. The van der Waals surface area contributed by atoms with E-state index in [1.807, 2.05) is 0 Å². The first-order valence-electron chi connectivity index (χ1n) is 2.26. The summed E-state index contributed by atoms with van der Waals surface area (Å²) < 4.78 is 0. The summed E-state index contributed by atoms with van der Waals surface area (Å²) in [4.78, 5) is 9.84. The first-order valence-corrected chi connectivity index (χ1v) is 2.26. The molecule has 0 aromatic rings. The van der Waals surface area contributed by atoms with Crippen molar-refractivity contribution in [3.05, 3.63) is 12.7 Å². The molecule has 0 aliphatic carbocycles. The Kier molecular flexibility index (Phi) is 2.88. The minimum absolute atomic E-state index is 0.0382. The molecule has 0 aliphatic rings. The predicted octanol–water partition coefficient (Wildman–Crippen LogP) is -0.0256. The summed E-state index contributed by atoms with van der Waals surface area (Å²) in [5.41, 5.74) is 5.18. The van der Waals surface area contributed by atoms with E-state index >= 15 is 0 Å². The minimum Gasteiger partial charge on any atom is -0.481 e. The molecule has 0 bridgehead atoms. The second-order valence-electron chi connectivity index (χ2n) is 1.50. The highest BCUT2D eigenvalue weighted by Crippen LogP contribution is 1.86. The quantitative estimate of drug-likeness (QED) is 0.508. The Hall–Kier alpha value is -0.830. The maximum atomic E-state index is 9.84. The number of carboxylic acids is 1. The number of rotatable bonds is 3. The number of nitrogens with two attached hydrogens (primary N) is 1. The summed E-state index contributed by atoms with van der Waals surface area (Å²) in [7, 11) is 0. The van der Waals surface area contributed by atoms with Crippen LogP contribution in [0.2, 0.25) is 0 Å². The molecule has 3 N–H and O–H groups in total. The third-order valence-corrected chi connectivity index (χ3v) is 0.713. The maximum Gasteiger partial charge on any atom is 0.305 e. The Morgan fingerprint density at radius 1 is 2.00 bits per heavy atom. The fourth-order valence-electron chi connectivity index (χ4n) is 0.285. The zero-order valence-electron chi connectivity index (χ0n) is 4.50. The second kappa shape index (κ2) is 3.21. The van der Waals surface area contributed by atoms with Gasteiger partial charge in [-0.25, -0.2) is 0 Å². The van der Waals surface area contributed by atoms with Crippen molar-refractivity contribution in [2.24, 2.45) is 5.73 Å². The van der Waals surface area contributed by atoms with Crippen LogP contribution < -0.4 is 5.73 Å².